The zero-order chi connectivity index (χ0) is 8.97. The maximum atomic E-state index is 11.2. The quantitative estimate of drug-likeness (QED) is 0.680. The van der Waals surface area contributed by atoms with E-state index in [1.807, 2.05) is 0 Å². The predicted octanol–water partition coefficient (Wildman–Crippen LogP) is 0.753. The Hall–Kier alpha value is -0.410. The average Bonchev–Trinajstić information content (AvgIpc) is 2.37. The maximum Gasteiger partial charge on any atom is 0.136 e. The molecule has 1 fully saturated rings. The first-order valence-electron chi connectivity index (χ1n) is 4.43. The van der Waals surface area contributed by atoms with Gasteiger partial charge in [-0.2, -0.15) is 0 Å². The van der Waals surface area contributed by atoms with Crippen LogP contribution in [0.1, 0.15) is 25.7 Å². The van der Waals surface area contributed by atoms with Gasteiger partial charge in [-0.05, 0) is 19.3 Å². The Bertz CT molecular complexity index is 156. The third-order valence-electron chi connectivity index (χ3n) is 2.35. The normalized spacial score (nSPS) is 26.2. The molecule has 0 amide bonds. The van der Waals surface area contributed by atoms with Crippen molar-refractivity contribution in [2.45, 2.75) is 31.8 Å². The Labute approximate surface area is 72.7 Å². The summed E-state index contributed by atoms with van der Waals surface area (Å²) in [6.07, 6.45) is 2.74. The fourth-order valence-corrected chi connectivity index (χ4v) is 1.73. The first-order chi connectivity index (χ1) is 5.74. The van der Waals surface area contributed by atoms with Crippen LogP contribution >= 0.6 is 0 Å². The number of rotatable bonds is 4. The third kappa shape index (κ3) is 2.57. The predicted molar refractivity (Wildman–Crippen MR) is 44.8 cm³/mol. The molecule has 1 rings (SSSR count). The van der Waals surface area contributed by atoms with E-state index in [-0.39, 0.29) is 5.92 Å². The first kappa shape index (κ1) is 9.68. The van der Waals surface area contributed by atoms with Crippen molar-refractivity contribution in [2.75, 3.05) is 13.7 Å². The number of aliphatic hydroxyl groups is 1. The molecule has 3 nitrogen and oxygen atoms in total. The van der Waals surface area contributed by atoms with Crippen LogP contribution in [-0.4, -0.2) is 30.7 Å². The molecule has 0 aromatic heterocycles. The number of carbonyl (C=O) groups excluding carboxylic acids is 1. The SMILES string of the molecule is COCC(O)CC1CCCC1=O. The Morgan fingerprint density at radius 1 is 1.75 bits per heavy atom. The molecule has 0 aliphatic heterocycles. The van der Waals surface area contributed by atoms with Crippen LogP contribution in [0.25, 0.3) is 0 Å². The largest absolute Gasteiger partial charge is 0.391 e. The van der Waals surface area contributed by atoms with Crippen LogP contribution in [0.15, 0.2) is 0 Å². The molecular weight excluding hydrogens is 156 g/mol. The Balaban J connectivity index is 2.25. The minimum atomic E-state index is -0.470. The molecule has 0 aromatic carbocycles. The van der Waals surface area contributed by atoms with Gasteiger partial charge in [-0.3, -0.25) is 4.79 Å². The van der Waals surface area contributed by atoms with Crippen molar-refractivity contribution in [3.63, 3.8) is 0 Å². The standard InChI is InChI=1S/C9H16O3/c1-12-6-8(10)5-7-3-2-4-9(7)11/h7-8,10H,2-6H2,1H3. The summed E-state index contributed by atoms with van der Waals surface area (Å²) in [7, 11) is 1.56. The Kier molecular flexibility index (Phi) is 3.69. The van der Waals surface area contributed by atoms with Gasteiger partial charge in [0.15, 0.2) is 0 Å². The van der Waals surface area contributed by atoms with Gasteiger partial charge in [0.25, 0.3) is 0 Å². The molecule has 70 valence electrons. The van der Waals surface area contributed by atoms with E-state index in [0.717, 1.165) is 12.8 Å². The summed E-state index contributed by atoms with van der Waals surface area (Å²) in [6, 6.07) is 0. The molecule has 3 heteroatoms. The van der Waals surface area contributed by atoms with E-state index in [1.54, 1.807) is 7.11 Å². The van der Waals surface area contributed by atoms with Crippen molar-refractivity contribution in [1.29, 1.82) is 0 Å². The van der Waals surface area contributed by atoms with Crippen LogP contribution in [0.3, 0.4) is 0 Å². The second-order valence-corrected chi connectivity index (χ2v) is 3.40. The minimum absolute atomic E-state index is 0.0927. The molecule has 1 aliphatic carbocycles. The van der Waals surface area contributed by atoms with Gasteiger partial charge < -0.3 is 9.84 Å². The van der Waals surface area contributed by atoms with Crippen molar-refractivity contribution in [3.05, 3.63) is 0 Å². The lowest BCUT2D eigenvalue weighted by molar-refractivity contribution is -0.121. The van der Waals surface area contributed by atoms with Crippen molar-refractivity contribution >= 4 is 5.78 Å². The molecule has 1 N–H and O–H groups in total. The Morgan fingerprint density at radius 2 is 2.50 bits per heavy atom. The highest BCUT2D eigenvalue weighted by molar-refractivity contribution is 5.82. The smallest absolute Gasteiger partial charge is 0.136 e. The summed E-state index contributed by atoms with van der Waals surface area (Å²) in [5.74, 6) is 0.403. The number of ether oxygens (including phenoxy) is 1. The lowest BCUT2D eigenvalue weighted by Gasteiger charge is -2.12. The summed E-state index contributed by atoms with van der Waals surface area (Å²) in [5, 5.41) is 9.35. The molecule has 0 aromatic rings. The Morgan fingerprint density at radius 3 is 3.00 bits per heavy atom. The zero-order valence-corrected chi connectivity index (χ0v) is 7.45. The molecule has 12 heavy (non-hydrogen) atoms. The average molecular weight is 172 g/mol. The number of hydrogen-bond acceptors (Lipinski definition) is 3. The van der Waals surface area contributed by atoms with Crippen LogP contribution in [0.2, 0.25) is 0 Å². The van der Waals surface area contributed by atoms with Crippen LogP contribution < -0.4 is 0 Å². The lowest BCUT2D eigenvalue weighted by atomic mass is 10.00. The lowest BCUT2D eigenvalue weighted by Crippen LogP contribution is -2.20. The first-order valence-corrected chi connectivity index (χ1v) is 4.43. The van der Waals surface area contributed by atoms with Crippen LogP contribution in [0, 0.1) is 5.92 Å². The van der Waals surface area contributed by atoms with E-state index < -0.39 is 6.10 Å². The van der Waals surface area contributed by atoms with Crippen molar-refractivity contribution < 1.29 is 14.6 Å². The minimum Gasteiger partial charge on any atom is -0.391 e. The zero-order valence-electron chi connectivity index (χ0n) is 7.45. The number of ketones is 1. The van der Waals surface area contributed by atoms with E-state index in [9.17, 15) is 9.90 Å². The van der Waals surface area contributed by atoms with Gasteiger partial charge in [0.2, 0.25) is 0 Å². The highest BCUT2D eigenvalue weighted by Crippen LogP contribution is 2.25. The second-order valence-electron chi connectivity index (χ2n) is 3.40. The van der Waals surface area contributed by atoms with Crippen molar-refractivity contribution in [2.24, 2.45) is 5.92 Å². The van der Waals surface area contributed by atoms with Gasteiger partial charge in [-0.15, -0.1) is 0 Å². The molecule has 0 bridgehead atoms. The van der Waals surface area contributed by atoms with Crippen molar-refractivity contribution in [1.82, 2.24) is 0 Å². The summed E-state index contributed by atoms with van der Waals surface area (Å²) >= 11 is 0. The highest BCUT2D eigenvalue weighted by Gasteiger charge is 2.26. The number of Topliss-reactive ketones (excluding diaryl/α,β-unsaturated/α-hetero) is 1. The fraction of sp³-hybridized carbons (Fsp3) is 0.889. The van der Waals surface area contributed by atoms with E-state index in [4.69, 9.17) is 4.74 Å². The monoisotopic (exact) mass is 172 g/mol. The molecule has 1 aliphatic rings. The molecule has 0 radical (unpaired) electrons. The second kappa shape index (κ2) is 4.58. The molecule has 0 heterocycles. The fourth-order valence-electron chi connectivity index (χ4n) is 1.73. The van der Waals surface area contributed by atoms with Crippen LogP contribution in [-0.2, 0) is 9.53 Å². The molecule has 1 saturated carbocycles. The summed E-state index contributed by atoms with van der Waals surface area (Å²) < 4.78 is 4.79. The molecule has 2 unspecified atom stereocenters. The maximum absolute atomic E-state index is 11.2. The topological polar surface area (TPSA) is 46.5 Å². The third-order valence-corrected chi connectivity index (χ3v) is 2.35. The van der Waals surface area contributed by atoms with Gasteiger partial charge >= 0.3 is 0 Å². The van der Waals surface area contributed by atoms with E-state index in [0.29, 0.717) is 25.2 Å². The van der Waals surface area contributed by atoms with E-state index in [1.165, 1.54) is 0 Å². The van der Waals surface area contributed by atoms with Gasteiger partial charge in [-0.25, -0.2) is 0 Å². The molecule has 2 atom stereocenters. The van der Waals surface area contributed by atoms with Crippen LogP contribution in [0.4, 0.5) is 0 Å². The molecule has 0 spiro atoms. The van der Waals surface area contributed by atoms with E-state index >= 15 is 0 Å². The summed E-state index contributed by atoms with van der Waals surface area (Å²) in [5.41, 5.74) is 0. The van der Waals surface area contributed by atoms with Gasteiger partial charge in [0.05, 0.1) is 12.7 Å². The molecule has 0 saturated heterocycles. The number of hydrogen-bond donors (Lipinski definition) is 1. The van der Waals surface area contributed by atoms with Crippen molar-refractivity contribution in [3.8, 4) is 0 Å². The van der Waals surface area contributed by atoms with Gasteiger partial charge in [0, 0.05) is 19.4 Å². The van der Waals surface area contributed by atoms with Crippen LogP contribution in [0.5, 0.6) is 0 Å². The number of methoxy groups -OCH3 is 1. The summed E-state index contributed by atoms with van der Waals surface area (Å²) in [4.78, 5) is 11.2. The number of carbonyl (C=O) groups is 1. The van der Waals surface area contributed by atoms with Gasteiger partial charge in [0.1, 0.15) is 5.78 Å². The highest BCUT2D eigenvalue weighted by atomic mass is 16.5. The number of aliphatic hydroxyl groups excluding tert-OH is 1. The molecular formula is C9H16O3. The summed E-state index contributed by atoms with van der Waals surface area (Å²) in [6.45, 7) is 0.337. The van der Waals surface area contributed by atoms with E-state index in [2.05, 4.69) is 0 Å². The van der Waals surface area contributed by atoms with Gasteiger partial charge in [-0.1, -0.05) is 0 Å².